The van der Waals surface area contributed by atoms with Gasteiger partial charge in [0.2, 0.25) is 0 Å². The second-order valence-electron chi connectivity index (χ2n) is 19.5. The lowest BCUT2D eigenvalue weighted by atomic mass is 9.95. The number of rotatable bonds is 10. The van der Waals surface area contributed by atoms with Gasteiger partial charge < -0.3 is 34.8 Å². The first-order chi connectivity index (χ1) is 33.2. The number of hydrogen-bond acceptors (Lipinski definition) is 9. The number of imidazole rings is 3. The molecular weight excluding hydrogens is 873 g/mol. The zero-order valence-corrected chi connectivity index (χ0v) is 42.1. The number of benzene rings is 3. The average molecular weight is 937 g/mol. The first-order valence-corrected chi connectivity index (χ1v) is 23.6. The maximum atomic E-state index is 11.1. The lowest BCUT2D eigenvalue weighted by Crippen LogP contribution is -2.27. The number of nitrogens with zero attached hydrogens (tertiary/aromatic N) is 7. The van der Waals surface area contributed by atoms with Crippen LogP contribution in [0.3, 0.4) is 0 Å². The summed E-state index contributed by atoms with van der Waals surface area (Å²) in [6.07, 6.45) is 10.6. The van der Waals surface area contributed by atoms with Crippen LogP contribution >= 0.6 is 0 Å². The van der Waals surface area contributed by atoms with Gasteiger partial charge in [-0.05, 0) is 193 Å². The van der Waals surface area contributed by atoms with Gasteiger partial charge in [-0.3, -0.25) is 15.0 Å². The highest BCUT2D eigenvalue weighted by Crippen LogP contribution is 2.30. The summed E-state index contributed by atoms with van der Waals surface area (Å²) in [6, 6.07) is 28.0. The molecule has 3 unspecified atom stereocenters. The molecule has 0 bridgehead atoms. The molecule has 0 aliphatic heterocycles. The molecule has 10 aromatic rings. The van der Waals surface area contributed by atoms with E-state index in [0.717, 1.165) is 72.6 Å². The van der Waals surface area contributed by atoms with E-state index in [9.17, 15) is 15.3 Å². The van der Waals surface area contributed by atoms with Gasteiger partial charge in [0.25, 0.3) is 0 Å². The van der Waals surface area contributed by atoms with E-state index in [1.807, 2.05) is 137 Å². The van der Waals surface area contributed by atoms with Crippen molar-refractivity contribution in [3.05, 3.63) is 195 Å². The molecule has 13 nitrogen and oxygen atoms in total. The number of aromatic amines is 3. The van der Waals surface area contributed by atoms with Crippen molar-refractivity contribution < 1.29 is 15.3 Å². The maximum absolute atomic E-state index is 11.1. The molecule has 0 aliphatic carbocycles. The van der Waals surface area contributed by atoms with E-state index in [2.05, 4.69) is 65.6 Å². The van der Waals surface area contributed by atoms with Crippen LogP contribution in [0.5, 0.6) is 0 Å². The normalized spacial score (nSPS) is 14.1. The minimum Gasteiger partial charge on any atom is -0.382 e. The van der Waals surface area contributed by atoms with Crippen LogP contribution in [0.1, 0.15) is 99.8 Å². The SMILES string of the molecule is Cc1ccc2nc(C(C)(O)Cc3nccc(C)c3C)[nH]c2c1.Cc1ccc2nc(C(C)(O)Cc3nccc(C)c3C)[nH]c2c1.Cc1ccnc(CC(C)(O)c2nc3ccc(-n4cccc4)cc3[nH]2)c1C. The van der Waals surface area contributed by atoms with Crippen LogP contribution in [0.2, 0.25) is 0 Å². The summed E-state index contributed by atoms with van der Waals surface area (Å²) >= 11 is 0. The van der Waals surface area contributed by atoms with Crippen molar-refractivity contribution in [1.29, 1.82) is 0 Å². The standard InChI is InChI=1S/C21H22N4O.2C18H21N3O/c1-14-8-9-22-19(15(14)2)13-21(3,26)20-23-17-7-6-16(12-18(17)24-20)25-10-4-5-11-25;2*1-11-5-6-14-15(9-11)21-17(20-14)18(4,22)10-16-13(3)12(2)7-8-19-16/h4-12,26H,13H2,1-3H3,(H,23,24);2*5-9,22H,10H2,1-4H3,(H,20,21). The molecular formula is C57H64N10O3. The Bertz CT molecular complexity index is 3310. The Morgan fingerprint density at radius 1 is 0.443 bits per heavy atom. The second kappa shape index (κ2) is 19.6. The fraction of sp³-hybridized carbons (Fsp3) is 0.298. The van der Waals surface area contributed by atoms with Crippen LogP contribution in [0.4, 0.5) is 0 Å². The minimum atomic E-state index is -1.13. The van der Waals surface area contributed by atoms with Gasteiger partial charge in [0.05, 0.1) is 33.1 Å². The van der Waals surface area contributed by atoms with Crippen molar-refractivity contribution in [2.24, 2.45) is 0 Å². The quantitative estimate of drug-likeness (QED) is 0.0775. The van der Waals surface area contributed by atoms with Crippen LogP contribution < -0.4 is 0 Å². The third kappa shape index (κ3) is 10.8. The van der Waals surface area contributed by atoms with Crippen molar-refractivity contribution in [3.8, 4) is 5.69 Å². The Hall–Kier alpha value is -7.32. The molecule has 10 rings (SSSR count). The number of fused-ring (bicyclic) bond motifs is 3. The molecule has 3 atom stereocenters. The summed E-state index contributed by atoms with van der Waals surface area (Å²) in [5.41, 5.74) is 15.0. The predicted molar refractivity (Wildman–Crippen MR) is 278 cm³/mol. The van der Waals surface area contributed by atoms with Gasteiger partial charge in [-0.2, -0.15) is 0 Å². The third-order valence-electron chi connectivity index (χ3n) is 13.4. The van der Waals surface area contributed by atoms with Gasteiger partial charge in [-0.1, -0.05) is 12.1 Å². The van der Waals surface area contributed by atoms with Crippen LogP contribution in [0, 0.1) is 55.4 Å². The Morgan fingerprint density at radius 3 is 1.13 bits per heavy atom. The summed E-state index contributed by atoms with van der Waals surface area (Å²) in [6.45, 7) is 21.7. The molecule has 7 heterocycles. The van der Waals surface area contributed by atoms with Crippen molar-refractivity contribution >= 4 is 33.1 Å². The van der Waals surface area contributed by atoms with Gasteiger partial charge in [0.1, 0.15) is 34.3 Å². The van der Waals surface area contributed by atoms with Crippen LogP contribution in [0.25, 0.3) is 38.8 Å². The average Bonchev–Trinajstić information content (AvgIpc) is 4.15. The van der Waals surface area contributed by atoms with Gasteiger partial charge in [-0.15, -0.1) is 0 Å². The number of hydrogen-bond donors (Lipinski definition) is 6. The summed E-state index contributed by atoms with van der Waals surface area (Å²) in [7, 11) is 0. The summed E-state index contributed by atoms with van der Waals surface area (Å²) in [5, 5.41) is 32.9. The highest BCUT2D eigenvalue weighted by molar-refractivity contribution is 5.78. The molecule has 0 saturated carbocycles. The molecule has 0 aliphatic rings. The van der Waals surface area contributed by atoms with E-state index in [0.29, 0.717) is 36.7 Å². The summed E-state index contributed by atoms with van der Waals surface area (Å²) in [5.74, 6) is 1.71. The first-order valence-electron chi connectivity index (χ1n) is 23.6. The van der Waals surface area contributed by atoms with Gasteiger partial charge in [0.15, 0.2) is 0 Å². The smallest absolute Gasteiger partial charge is 0.139 e. The number of aliphatic hydroxyl groups is 3. The van der Waals surface area contributed by atoms with E-state index in [4.69, 9.17) is 0 Å². The van der Waals surface area contributed by atoms with E-state index >= 15 is 0 Å². The molecule has 7 aromatic heterocycles. The molecule has 6 N–H and O–H groups in total. The van der Waals surface area contributed by atoms with Crippen molar-refractivity contribution in [3.63, 3.8) is 0 Å². The number of pyridine rings is 3. The lowest BCUT2D eigenvalue weighted by molar-refractivity contribution is 0.0476. The molecule has 70 heavy (non-hydrogen) atoms. The zero-order valence-electron chi connectivity index (χ0n) is 42.1. The van der Waals surface area contributed by atoms with E-state index in [1.165, 1.54) is 27.8 Å². The van der Waals surface area contributed by atoms with Crippen LogP contribution in [-0.2, 0) is 36.1 Å². The third-order valence-corrected chi connectivity index (χ3v) is 13.4. The predicted octanol–water partition coefficient (Wildman–Crippen LogP) is 10.5. The fourth-order valence-corrected chi connectivity index (χ4v) is 8.51. The van der Waals surface area contributed by atoms with Gasteiger partial charge in [0, 0.05) is 73.0 Å². The molecule has 13 heteroatoms. The fourth-order valence-electron chi connectivity index (χ4n) is 8.51. The molecule has 3 aromatic carbocycles. The number of aromatic nitrogens is 10. The van der Waals surface area contributed by atoms with E-state index in [1.54, 1.807) is 39.4 Å². The molecule has 0 fully saturated rings. The maximum Gasteiger partial charge on any atom is 0.139 e. The van der Waals surface area contributed by atoms with Gasteiger partial charge in [-0.25, -0.2) is 15.0 Å². The van der Waals surface area contributed by atoms with Crippen molar-refractivity contribution in [2.45, 2.75) is 112 Å². The van der Waals surface area contributed by atoms with E-state index in [-0.39, 0.29) is 0 Å². The Balaban J connectivity index is 0.000000142. The Morgan fingerprint density at radius 2 is 0.771 bits per heavy atom. The van der Waals surface area contributed by atoms with Gasteiger partial charge >= 0.3 is 0 Å². The highest BCUT2D eigenvalue weighted by Gasteiger charge is 2.31. The Labute approximate surface area is 409 Å². The van der Waals surface area contributed by atoms with Crippen molar-refractivity contribution in [1.82, 2.24) is 49.4 Å². The Kier molecular flexibility index (Phi) is 13.7. The topological polar surface area (TPSA) is 190 Å². The summed E-state index contributed by atoms with van der Waals surface area (Å²) in [4.78, 5) is 36.7. The number of H-pyrrole nitrogens is 3. The number of aryl methyl sites for hydroxylation is 5. The minimum absolute atomic E-state index is 0.408. The van der Waals surface area contributed by atoms with E-state index < -0.39 is 16.8 Å². The van der Waals surface area contributed by atoms with Crippen LogP contribution in [0.15, 0.2) is 116 Å². The highest BCUT2D eigenvalue weighted by atomic mass is 16.3. The van der Waals surface area contributed by atoms with Crippen molar-refractivity contribution in [2.75, 3.05) is 0 Å². The first kappa shape index (κ1) is 49.1. The molecule has 0 amide bonds. The lowest BCUT2D eigenvalue weighted by Gasteiger charge is -2.21. The monoisotopic (exact) mass is 937 g/mol. The molecule has 360 valence electrons. The second-order valence-corrected chi connectivity index (χ2v) is 19.5. The summed E-state index contributed by atoms with van der Waals surface area (Å²) < 4.78 is 2.04. The number of nitrogens with one attached hydrogen (secondary N) is 3. The van der Waals surface area contributed by atoms with Crippen LogP contribution in [-0.4, -0.2) is 64.7 Å². The molecule has 0 saturated heterocycles. The zero-order chi connectivity index (χ0) is 50.1. The largest absolute Gasteiger partial charge is 0.382 e. The molecule has 0 spiro atoms. The molecule has 0 radical (unpaired) electrons.